The van der Waals surface area contributed by atoms with E-state index in [0.29, 0.717) is 12.6 Å². The molecule has 0 spiro atoms. The van der Waals surface area contributed by atoms with Gasteiger partial charge < -0.3 is 10.2 Å². The molecule has 5 heteroatoms. The second kappa shape index (κ2) is 5.12. The van der Waals surface area contributed by atoms with Crippen molar-refractivity contribution in [2.75, 3.05) is 7.05 Å². The van der Waals surface area contributed by atoms with Crippen molar-refractivity contribution in [2.24, 2.45) is 11.8 Å². The number of hydrogen-bond donors (Lipinski definition) is 1. The second-order valence-electron chi connectivity index (χ2n) is 5.85. The standard InChI is InChI=1S/C14H21N3OS/c1-9-15-7-12(19-9)8-17(2)14(18)16-13(10-3-4-10)11-5-6-11/h7,10-11,13H,3-6,8H2,1-2H3,(H,16,18). The molecule has 0 aliphatic heterocycles. The van der Waals surface area contributed by atoms with Crippen molar-refractivity contribution < 1.29 is 4.79 Å². The van der Waals surface area contributed by atoms with Crippen molar-refractivity contribution in [3.63, 3.8) is 0 Å². The highest BCUT2D eigenvalue weighted by atomic mass is 32.1. The zero-order chi connectivity index (χ0) is 13.4. The van der Waals surface area contributed by atoms with E-state index in [1.807, 2.05) is 20.2 Å². The summed E-state index contributed by atoms with van der Waals surface area (Å²) in [5, 5.41) is 4.29. The predicted octanol–water partition coefficient (Wildman–Crippen LogP) is 2.78. The predicted molar refractivity (Wildman–Crippen MR) is 76.1 cm³/mol. The summed E-state index contributed by atoms with van der Waals surface area (Å²) in [6, 6.07) is 0.494. The number of thiazole rings is 1. The van der Waals surface area contributed by atoms with Crippen molar-refractivity contribution in [1.82, 2.24) is 15.2 Å². The first-order valence-electron chi connectivity index (χ1n) is 7.06. The van der Waals surface area contributed by atoms with Crippen LogP contribution >= 0.6 is 11.3 Å². The molecule has 0 saturated heterocycles. The number of hydrogen-bond acceptors (Lipinski definition) is 3. The summed E-state index contributed by atoms with van der Waals surface area (Å²) in [6.07, 6.45) is 7.03. The molecule has 0 radical (unpaired) electrons. The second-order valence-corrected chi connectivity index (χ2v) is 7.17. The number of urea groups is 1. The molecule has 3 rings (SSSR count). The molecule has 2 aliphatic rings. The first kappa shape index (κ1) is 12.9. The Morgan fingerprint density at radius 3 is 2.58 bits per heavy atom. The normalized spacial score (nSPS) is 18.7. The Hall–Kier alpha value is -1.10. The maximum absolute atomic E-state index is 12.2. The van der Waals surface area contributed by atoms with Crippen molar-refractivity contribution in [3.05, 3.63) is 16.1 Å². The van der Waals surface area contributed by atoms with Crippen LogP contribution in [0.1, 0.15) is 35.6 Å². The third kappa shape index (κ3) is 3.26. The number of rotatable bonds is 5. The third-order valence-electron chi connectivity index (χ3n) is 3.96. The highest BCUT2D eigenvalue weighted by Crippen LogP contribution is 2.44. The third-order valence-corrected chi connectivity index (χ3v) is 4.86. The van der Waals surface area contributed by atoms with Gasteiger partial charge in [-0.2, -0.15) is 0 Å². The minimum Gasteiger partial charge on any atom is -0.335 e. The molecule has 0 aromatic carbocycles. The van der Waals surface area contributed by atoms with Gasteiger partial charge in [0.1, 0.15) is 0 Å². The number of nitrogens with zero attached hydrogens (tertiary/aromatic N) is 2. The van der Waals surface area contributed by atoms with E-state index in [4.69, 9.17) is 0 Å². The minimum atomic E-state index is 0.0647. The minimum absolute atomic E-state index is 0.0647. The summed E-state index contributed by atoms with van der Waals surface area (Å²) in [7, 11) is 1.86. The van der Waals surface area contributed by atoms with E-state index in [9.17, 15) is 4.79 Å². The Kier molecular flexibility index (Phi) is 3.48. The van der Waals surface area contributed by atoms with Crippen LogP contribution in [-0.4, -0.2) is 29.0 Å². The number of aromatic nitrogens is 1. The monoisotopic (exact) mass is 279 g/mol. The number of amides is 2. The van der Waals surface area contributed by atoms with E-state index < -0.39 is 0 Å². The van der Waals surface area contributed by atoms with E-state index >= 15 is 0 Å². The van der Waals surface area contributed by atoms with Crippen molar-refractivity contribution in [2.45, 2.75) is 45.2 Å². The smallest absolute Gasteiger partial charge is 0.317 e. The van der Waals surface area contributed by atoms with Gasteiger partial charge in [0.05, 0.1) is 11.6 Å². The largest absolute Gasteiger partial charge is 0.335 e. The number of aryl methyl sites for hydroxylation is 1. The summed E-state index contributed by atoms with van der Waals surface area (Å²) < 4.78 is 0. The van der Waals surface area contributed by atoms with Gasteiger partial charge in [-0.25, -0.2) is 9.78 Å². The van der Waals surface area contributed by atoms with Crippen LogP contribution in [-0.2, 0) is 6.54 Å². The maximum Gasteiger partial charge on any atom is 0.317 e. The Morgan fingerprint density at radius 1 is 1.47 bits per heavy atom. The van der Waals surface area contributed by atoms with Crippen LogP contribution in [0.4, 0.5) is 4.79 Å². The number of carbonyl (C=O) groups is 1. The average molecular weight is 279 g/mol. The lowest BCUT2D eigenvalue weighted by atomic mass is 10.1. The molecule has 19 heavy (non-hydrogen) atoms. The van der Waals surface area contributed by atoms with Gasteiger partial charge >= 0.3 is 6.03 Å². The molecular formula is C14H21N3OS. The molecule has 0 unspecified atom stereocenters. The van der Waals surface area contributed by atoms with Gasteiger partial charge in [0.25, 0.3) is 0 Å². The van der Waals surface area contributed by atoms with Gasteiger partial charge in [0.2, 0.25) is 0 Å². The van der Waals surface area contributed by atoms with Gasteiger partial charge in [-0.1, -0.05) is 0 Å². The van der Waals surface area contributed by atoms with Crippen LogP contribution < -0.4 is 5.32 Å². The molecule has 0 bridgehead atoms. The van der Waals surface area contributed by atoms with Crippen LogP contribution in [0, 0.1) is 18.8 Å². The summed E-state index contributed by atoms with van der Waals surface area (Å²) in [4.78, 5) is 19.4. The van der Waals surface area contributed by atoms with Gasteiger partial charge in [-0.05, 0) is 44.4 Å². The van der Waals surface area contributed by atoms with Gasteiger partial charge in [-0.3, -0.25) is 0 Å². The van der Waals surface area contributed by atoms with Crippen molar-refractivity contribution in [3.8, 4) is 0 Å². The quantitative estimate of drug-likeness (QED) is 0.901. The number of carbonyl (C=O) groups excluding carboxylic acids is 1. The molecule has 1 aromatic heterocycles. The number of nitrogens with one attached hydrogen (secondary N) is 1. The molecule has 1 aromatic rings. The SMILES string of the molecule is Cc1ncc(CN(C)C(=O)NC(C2CC2)C2CC2)s1. The van der Waals surface area contributed by atoms with E-state index in [0.717, 1.165) is 21.7 Å². The van der Waals surface area contributed by atoms with Crippen LogP contribution in [0.15, 0.2) is 6.20 Å². The van der Waals surface area contributed by atoms with Gasteiger partial charge in [0, 0.05) is 24.2 Å². The van der Waals surface area contributed by atoms with Crippen LogP contribution in [0.25, 0.3) is 0 Å². The Morgan fingerprint density at radius 2 is 2.11 bits per heavy atom. The Bertz CT molecular complexity index is 453. The molecular weight excluding hydrogens is 258 g/mol. The topological polar surface area (TPSA) is 45.2 Å². The molecule has 2 saturated carbocycles. The fraction of sp³-hybridized carbons (Fsp3) is 0.714. The molecule has 1 heterocycles. The lowest BCUT2D eigenvalue weighted by Gasteiger charge is -2.23. The van der Waals surface area contributed by atoms with Crippen molar-refractivity contribution >= 4 is 17.4 Å². The first-order chi connectivity index (χ1) is 9.13. The highest BCUT2D eigenvalue weighted by Gasteiger charge is 2.42. The van der Waals surface area contributed by atoms with E-state index in [1.165, 1.54) is 25.7 Å². The molecule has 2 amide bonds. The van der Waals surface area contributed by atoms with Crippen molar-refractivity contribution in [1.29, 1.82) is 0 Å². The van der Waals surface area contributed by atoms with Crippen LogP contribution in [0.5, 0.6) is 0 Å². The van der Waals surface area contributed by atoms with Crippen LogP contribution in [0.2, 0.25) is 0 Å². The fourth-order valence-corrected chi connectivity index (χ4v) is 3.42. The molecule has 0 atom stereocenters. The van der Waals surface area contributed by atoms with E-state index in [-0.39, 0.29) is 6.03 Å². The Labute approximate surface area is 118 Å². The Balaban J connectivity index is 1.53. The zero-order valence-electron chi connectivity index (χ0n) is 11.6. The van der Waals surface area contributed by atoms with Gasteiger partial charge in [0.15, 0.2) is 0 Å². The zero-order valence-corrected chi connectivity index (χ0v) is 12.4. The lowest BCUT2D eigenvalue weighted by molar-refractivity contribution is 0.199. The van der Waals surface area contributed by atoms with E-state index in [1.54, 1.807) is 16.2 Å². The highest BCUT2D eigenvalue weighted by molar-refractivity contribution is 7.11. The summed E-state index contributed by atoms with van der Waals surface area (Å²) in [5.74, 6) is 1.49. The lowest BCUT2D eigenvalue weighted by Crippen LogP contribution is -2.44. The summed E-state index contributed by atoms with van der Waals surface area (Å²) in [5.41, 5.74) is 0. The fourth-order valence-electron chi connectivity index (χ4n) is 2.57. The summed E-state index contributed by atoms with van der Waals surface area (Å²) in [6.45, 7) is 2.64. The molecule has 104 valence electrons. The molecule has 1 N–H and O–H groups in total. The van der Waals surface area contributed by atoms with Gasteiger partial charge in [-0.15, -0.1) is 11.3 Å². The molecule has 2 aliphatic carbocycles. The first-order valence-corrected chi connectivity index (χ1v) is 7.88. The van der Waals surface area contributed by atoms with Crippen LogP contribution in [0.3, 0.4) is 0 Å². The average Bonchev–Trinajstić information content (AvgIpc) is 3.26. The molecule has 4 nitrogen and oxygen atoms in total. The summed E-state index contributed by atoms with van der Waals surface area (Å²) >= 11 is 1.66. The maximum atomic E-state index is 12.2. The molecule has 2 fully saturated rings. The van der Waals surface area contributed by atoms with E-state index in [2.05, 4.69) is 10.3 Å².